The summed E-state index contributed by atoms with van der Waals surface area (Å²) in [7, 11) is 3.19. The maximum atomic E-state index is 4.82. The van der Waals surface area contributed by atoms with Gasteiger partial charge in [-0.2, -0.15) is 4.97 Å². The molecule has 0 saturated carbocycles. The summed E-state index contributed by atoms with van der Waals surface area (Å²) < 4.78 is 4.82. The maximum Gasteiger partial charge on any atom is 0.425 e. The van der Waals surface area contributed by atoms with Gasteiger partial charge in [-0.25, -0.2) is 0 Å². The molecule has 0 aromatic heterocycles. The van der Waals surface area contributed by atoms with E-state index in [1.165, 1.54) is 0 Å². The normalized spacial score (nSPS) is 22.4. The summed E-state index contributed by atoms with van der Waals surface area (Å²) in [5.41, 5.74) is 0. The van der Waals surface area contributed by atoms with Crippen LogP contribution >= 0.6 is 0 Å². The molecule has 0 aliphatic carbocycles. The Morgan fingerprint density at radius 1 is 1.86 bits per heavy atom. The molecule has 4 heteroatoms. The van der Waals surface area contributed by atoms with Crippen molar-refractivity contribution in [3.8, 4) is 0 Å². The van der Waals surface area contributed by atoms with Crippen molar-refractivity contribution >= 4 is 7.62 Å². The van der Waals surface area contributed by atoms with Gasteiger partial charge in [0.2, 0.25) is 0 Å². The first kappa shape index (κ1) is 5.09. The van der Waals surface area contributed by atoms with Crippen molar-refractivity contribution in [3.05, 3.63) is 0 Å². The molecule has 0 atom stereocenters. The van der Waals surface area contributed by atoms with E-state index < -0.39 is 0 Å². The van der Waals surface area contributed by atoms with Crippen LogP contribution in [0.1, 0.15) is 0 Å². The molecule has 0 amide bonds. The Kier molecular flexibility index (Phi) is 1.67. The highest BCUT2D eigenvalue weighted by atomic mass is 16.7. The van der Waals surface area contributed by atoms with Crippen LogP contribution in [-0.4, -0.2) is 32.9 Å². The second-order valence-corrected chi connectivity index (χ2v) is 1.30. The van der Waals surface area contributed by atoms with Gasteiger partial charge in [-0.1, -0.05) is 0 Å². The summed E-state index contributed by atoms with van der Waals surface area (Å²) in [6.07, 6.45) is 0. The highest BCUT2D eigenvalue weighted by Crippen LogP contribution is 1.92. The summed E-state index contributed by atoms with van der Waals surface area (Å²) >= 11 is 0. The molecule has 1 aliphatic heterocycles. The van der Waals surface area contributed by atoms with Gasteiger partial charge in [0.1, 0.15) is 0 Å². The average molecular weight is 99.9 g/mol. The smallest absolute Gasteiger partial charge is 0.421 e. The van der Waals surface area contributed by atoms with Crippen LogP contribution in [0.25, 0.3) is 0 Å². The number of hydrogen-bond acceptors (Lipinski definition) is 3. The summed E-state index contributed by atoms with van der Waals surface area (Å²) in [5, 5.41) is 0. The van der Waals surface area contributed by atoms with E-state index in [9.17, 15) is 0 Å². The van der Waals surface area contributed by atoms with Gasteiger partial charge in [-0.15, -0.1) is 0 Å². The van der Waals surface area contributed by atoms with Crippen LogP contribution in [0.2, 0.25) is 0 Å². The van der Waals surface area contributed by atoms with E-state index in [1.807, 2.05) is 0 Å². The van der Waals surface area contributed by atoms with Gasteiger partial charge in [-0.05, 0) is 0 Å². The molecular weight excluding hydrogens is 92.8 g/mol. The fourth-order valence-corrected chi connectivity index (χ4v) is 0.466. The van der Waals surface area contributed by atoms with Gasteiger partial charge in [0.15, 0.2) is 0 Å². The Hall–Kier alpha value is -0.0551. The largest absolute Gasteiger partial charge is 0.425 e. The van der Waals surface area contributed by atoms with Crippen molar-refractivity contribution in [3.63, 3.8) is 0 Å². The lowest BCUT2D eigenvalue weighted by molar-refractivity contribution is -0.0423. The van der Waals surface area contributed by atoms with Crippen molar-refractivity contribution in [2.45, 2.75) is 0 Å². The van der Waals surface area contributed by atoms with Gasteiger partial charge in [0.25, 0.3) is 0 Å². The minimum absolute atomic E-state index is 0.744. The van der Waals surface area contributed by atoms with E-state index in [1.54, 1.807) is 19.7 Å². The van der Waals surface area contributed by atoms with E-state index in [-0.39, 0.29) is 0 Å². The van der Waals surface area contributed by atoms with Crippen LogP contribution in [0.15, 0.2) is 0 Å². The second-order valence-electron chi connectivity index (χ2n) is 1.30. The average Bonchev–Trinajstić information content (AvgIpc) is 2.14. The van der Waals surface area contributed by atoms with Gasteiger partial charge < -0.3 is 9.49 Å². The highest BCUT2D eigenvalue weighted by Gasteiger charge is 2.12. The second kappa shape index (κ2) is 2.30. The topological polar surface area (TPSA) is 21.7 Å². The number of hydroxylamine groups is 1. The molecule has 1 saturated heterocycles. The molecule has 7 heavy (non-hydrogen) atoms. The molecule has 1 heterocycles. The monoisotopic (exact) mass is 100 g/mol. The van der Waals surface area contributed by atoms with Crippen LogP contribution in [0.5, 0.6) is 0 Å². The van der Waals surface area contributed by atoms with E-state index in [2.05, 4.69) is 0 Å². The van der Waals surface area contributed by atoms with Gasteiger partial charge in [0.05, 0.1) is 7.11 Å². The minimum Gasteiger partial charge on any atom is -0.421 e. The summed E-state index contributed by atoms with van der Waals surface area (Å²) in [6.45, 7) is 1.59. The minimum atomic E-state index is 0.744. The third kappa shape index (κ3) is 1.16. The van der Waals surface area contributed by atoms with Crippen molar-refractivity contribution < 1.29 is 9.49 Å². The molecule has 1 fully saturated rings. The zero-order chi connectivity index (χ0) is 5.11. The van der Waals surface area contributed by atoms with Crippen LogP contribution in [0, 0.1) is 0 Å². The lowest BCUT2D eigenvalue weighted by atomic mass is 10.3. The first-order chi connectivity index (χ1) is 3.43. The van der Waals surface area contributed by atoms with Crippen LogP contribution in [0.4, 0.5) is 0 Å². The molecule has 0 N–H and O–H groups in total. The number of hydrogen-bond donors (Lipinski definition) is 0. The van der Waals surface area contributed by atoms with Crippen LogP contribution in [0.3, 0.4) is 0 Å². The highest BCUT2D eigenvalue weighted by molar-refractivity contribution is 6.23. The van der Waals surface area contributed by atoms with Gasteiger partial charge >= 0.3 is 7.62 Å². The zero-order valence-corrected chi connectivity index (χ0v) is 4.26. The van der Waals surface area contributed by atoms with E-state index in [0.29, 0.717) is 0 Å². The van der Waals surface area contributed by atoms with Crippen molar-refractivity contribution in [1.29, 1.82) is 0 Å². The Balaban J connectivity index is 2.14. The molecule has 1 aliphatic rings. The van der Waals surface area contributed by atoms with Crippen molar-refractivity contribution in [1.82, 2.24) is 4.97 Å². The fraction of sp³-hybridized carbons (Fsp3) is 1.00. The molecule has 3 nitrogen and oxygen atoms in total. The molecule has 0 unspecified atom stereocenters. The summed E-state index contributed by atoms with van der Waals surface area (Å²) in [4.78, 5) is 6.40. The zero-order valence-electron chi connectivity index (χ0n) is 4.26. The summed E-state index contributed by atoms with van der Waals surface area (Å²) in [6, 6.07) is 0. The number of rotatable bonds is 1. The Bertz CT molecular complexity index is 54.9. The molecule has 0 spiro atoms. The Labute approximate surface area is 43.4 Å². The lowest BCUT2D eigenvalue weighted by Crippen LogP contribution is -2.20. The quantitative estimate of drug-likeness (QED) is 0.411. The predicted octanol–water partition coefficient (Wildman–Crippen LogP) is -0.586. The van der Waals surface area contributed by atoms with E-state index >= 15 is 0 Å². The van der Waals surface area contributed by atoms with E-state index in [0.717, 1.165) is 13.2 Å². The van der Waals surface area contributed by atoms with Crippen molar-refractivity contribution in [2.75, 3.05) is 20.3 Å². The molecular formula is C3H7BNO2. The molecule has 1 rings (SSSR count). The molecule has 0 aromatic rings. The van der Waals surface area contributed by atoms with E-state index in [4.69, 9.17) is 9.49 Å². The Morgan fingerprint density at radius 2 is 2.71 bits per heavy atom. The number of nitrogens with zero attached hydrogens (tertiary/aromatic N) is 1. The molecule has 39 valence electrons. The lowest BCUT2D eigenvalue weighted by Gasteiger charge is -2.04. The maximum absolute atomic E-state index is 4.82. The molecule has 1 radical (unpaired) electrons. The first-order valence-corrected chi connectivity index (χ1v) is 2.19. The van der Waals surface area contributed by atoms with Crippen LogP contribution in [-0.2, 0) is 9.49 Å². The summed E-state index contributed by atoms with van der Waals surface area (Å²) in [5.74, 6) is 0. The third-order valence-electron chi connectivity index (χ3n) is 0.856. The molecule has 0 aromatic carbocycles. The van der Waals surface area contributed by atoms with Crippen molar-refractivity contribution in [2.24, 2.45) is 0 Å². The predicted molar refractivity (Wildman–Crippen MR) is 25.4 cm³/mol. The SMILES string of the molecule is CON1[B]OCC1. The standard InChI is InChI=1S/C3H7BNO2/c1-6-5-2-3-7-4-5/h2-3H2,1H3. The van der Waals surface area contributed by atoms with Crippen LogP contribution < -0.4 is 0 Å². The third-order valence-corrected chi connectivity index (χ3v) is 0.856. The first-order valence-electron chi connectivity index (χ1n) is 2.19. The Morgan fingerprint density at radius 3 is 3.00 bits per heavy atom. The van der Waals surface area contributed by atoms with Gasteiger partial charge in [0, 0.05) is 13.2 Å². The molecule has 0 bridgehead atoms. The fourth-order valence-electron chi connectivity index (χ4n) is 0.466. The van der Waals surface area contributed by atoms with Gasteiger partial charge in [-0.3, -0.25) is 0 Å².